The van der Waals surface area contributed by atoms with E-state index in [-0.39, 0.29) is 7.58 Å². The molecule has 0 atom stereocenters. The predicted octanol–water partition coefficient (Wildman–Crippen LogP) is 3.49. The van der Waals surface area contributed by atoms with Crippen LogP contribution in [-0.4, -0.2) is 0 Å². The van der Waals surface area contributed by atoms with Crippen molar-refractivity contribution in [1.82, 2.24) is 6.15 Å². The first-order valence-electron chi connectivity index (χ1n) is 3.00. The summed E-state index contributed by atoms with van der Waals surface area (Å²) < 4.78 is 0. The highest BCUT2D eigenvalue weighted by atomic mass is 14.0. The third-order valence-corrected chi connectivity index (χ3v) is 0. The zero-order valence-corrected chi connectivity index (χ0v) is 6.71. The first-order valence-corrected chi connectivity index (χ1v) is 3.00. The average Bonchev–Trinajstić information content (AvgIpc) is 1.81. The molecule has 0 heterocycles. The largest absolute Gasteiger partial charge is 0.344 e. The van der Waals surface area contributed by atoms with E-state index in [1.807, 2.05) is 41.5 Å². The lowest BCUT2D eigenvalue weighted by Gasteiger charge is -1.07. The Morgan fingerprint density at radius 3 is 0.571 bits per heavy atom. The van der Waals surface area contributed by atoms with Crippen LogP contribution in [0.5, 0.6) is 0 Å². The number of hydrogen-bond acceptors (Lipinski definition) is 1. The zero-order chi connectivity index (χ0) is 6.00. The van der Waals surface area contributed by atoms with Gasteiger partial charge in [0, 0.05) is 1.43 Å². The summed E-state index contributed by atoms with van der Waals surface area (Å²) in [5, 5.41) is 0. The summed E-state index contributed by atoms with van der Waals surface area (Å²) in [5.41, 5.74) is 0. The minimum Gasteiger partial charge on any atom is -0.344 e. The van der Waals surface area contributed by atoms with Crippen molar-refractivity contribution >= 4 is 0 Å². The first-order chi connectivity index (χ1) is 3.00. The lowest BCUT2D eigenvalue weighted by Crippen LogP contribution is -0.856. The van der Waals surface area contributed by atoms with Crippen molar-refractivity contribution in [3.8, 4) is 0 Å². The summed E-state index contributed by atoms with van der Waals surface area (Å²) in [4.78, 5) is 0. The summed E-state index contributed by atoms with van der Waals surface area (Å²) in [6, 6.07) is 0. The van der Waals surface area contributed by atoms with Gasteiger partial charge in [0.15, 0.2) is 0 Å². The maximum absolute atomic E-state index is 2.00. The summed E-state index contributed by atoms with van der Waals surface area (Å²) in [5.74, 6) is 0. The zero-order valence-electron chi connectivity index (χ0n) is 6.71. The molecule has 0 aliphatic carbocycles. The van der Waals surface area contributed by atoms with Gasteiger partial charge in [0.1, 0.15) is 0 Å². The van der Waals surface area contributed by atoms with Gasteiger partial charge in [-0.3, -0.25) is 0 Å². The molecule has 52 valence electrons. The van der Waals surface area contributed by atoms with Crippen LogP contribution in [-0.2, 0) is 0 Å². The van der Waals surface area contributed by atoms with Crippen LogP contribution in [0.2, 0.25) is 0 Å². The molecular formula is C6H23N. The van der Waals surface area contributed by atoms with Crippen LogP contribution in [0.3, 0.4) is 0 Å². The molecule has 0 radical (unpaired) electrons. The molecule has 0 aliphatic rings. The highest BCUT2D eigenvalue weighted by Crippen LogP contribution is 1.15. The second-order valence-electron chi connectivity index (χ2n) is 0. The molecule has 0 saturated heterocycles. The normalized spacial score (nSPS) is 2.57. The monoisotopic (exact) mass is 110 g/mol. The van der Waals surface area contributed by atoms with E-state index in [9.17, 15) is 0 Å². The van der Waals surface area contributed by atoms with E-state index < -0.39 is 0 Å². The van der Waals surface area contributed by atoms with Gasteiger partial charge in [-0.25, -0.2) is 0 Å². The van der Waals surface area contributed by atoms with Crippen LogP contribution < -0.4 is 6.15 Å². The van der Waals surface area contributed by atoms with E-state index >= 15 is 0 Å². The van der Waals surface area contributed by atoms with Gasteiger partial charge in [0.2, 0.25) is 0 Å². The van der Waals surface area contributed by atoms with E-state index in [1.165, 1.54) is 0 Å². The Bertz CT molecular complexity index is 8.49. The third-order valence-electron chi connectivity index (χ3n) is 0. The Hall–Kier alpha value is -0.0400. The van der Waals surface area contributed by atoms with Gasteiger partial charge in [0.25, 0.3) is 0 Å². The molecule has 7 heavy (non-hydrogen) atoms. The maximum Gasteiger partial charge on any atom is 0 e. The number of hydrogen-bond donors (Lipinski definition) is 1. The third kappa shape index (κ3) is 58400. The fourth-order valence-electron chi connectivity index (χ4n) is 0. The fraction of sp³-hybridized carbons (Fsp3) is 1.00. The fourth-order valence-corrected chi connectivity index (χ4v) is 0. The van der Waals surface area contributed by atoms with Gasteiger partial charge < -0.3 is 6.15 Å². The summed E-state index contributed by atoms with van der Waals surface area (Å²) in [6.45, 7) is 12.0. The molecule has 1 heteroatoms. The minimum absolute atomic E-state index is 0. The Morgan fingerprint density at radius 1 is 0.571 bits per heavy atom. The molecule has 0 rings (SSSR count). The lowest BCUT2D eigenvalue weighted by atomic mass is 11.0. The second kappa shape index (κ2) is 91600. The second-order valence-corrected chi connectivity index (χ2v) is 0. The van der Waals surface area contributed by atoms with E-state index in [0.717, 1.165) is 0 Å². The number of rotatable bonds is 0. The maximum atomic E-state index is 2.00. The van der Waals surface area contributed by atoms with Crippen molar-refractivity contribution in [3.05, 3.63) is 0 Å². The quantitative estimate of drug-likeness (QED) is 0.509. The molecule has 0 spiro atoms. The van der Waals surface area contributed by atoms with Gasteiger partial charge in [-0.1, -0.05) is 41.5 Å². The molecule has 0 amide bonds. The first kappa shape index (κ1) is 28.2. The smallest absolute Gasteiger partial charge is 0 e. The van der Waals surface area contributed by atoms with Crippen LogP contribution >= 0.6 is 0 Å². The van der Waals surface area contributed by atoms with Crippen molar-refractivity contribution in [2.24, 2.45) is 0 Å². The summed E-state index contributed by atoms with van der Waals surface area (Å²) >= 11 is 0. The molecule has 0 aromatic rings. The molecule has 1 nitrogen and oxygen atoms in total. The molecule has 0 fully saturated rings. The summed E-state index contributed by atoms with van der Waals surface area (Å²) in [6.07, 6.45) is 0. The molecular weight excluding hydrogens is 86.1 g/mol. The van der Waals surface area contributed by atoms with Gasteiger partial charge in [0.05, 0.1) is 0 Å². The average molecular weight is 110 g/mol. The van der Waals surface area contributed by atoms with E-state index in [0.29, 0.717) is 0 Å². The van der Waals surface area contributed by atoms with Crippen molar-refractivity contribution in [3.63, 3.8) is 0 Å². The molecule has 0 aliphatic heterocycles. The highest BCUT2D eigenvalue weighted by molar-refractivity contribution is 3.51. The van der Waals surface area contributed by atoms with Gasteiger partial charge in [-0.2, -0.15) is 0 Å². The molecule has 0 unspecified atom stereocenters. The molecule has 0 aromatic carbocycles. The van der Waals surface area contributed by atoms with E-state index in [4.69, 9.17) is 0 Å². The summed E-state index contributed by atoms with van der Waals surface area (Å²) in [7, 11) is 0. The highest BCUT2D eigenvalue weighted by Gasteiger charge is 0.936. The van der Waals surface area contributed by atoms with Crippen molar-refractivity contribution < 1.29 is 1.43 Å². The van der Waals surface area contributed by atoms with Crippen molar-refractivity contribution in [2.75, 3.05) is 0 Å². The van der Waals surface area contributed by atoms with Crippen LogP contribution in [0.1, 0.15) is 43.0 Å². The van der Waals surface area contributed by atoms with E-state index in [2.05, 4.69) is 0 Å². The predicted molar refractivity (Wildman–Crippen MR) is 41.2 cm³/mol. The van der Waals surface area contributed by atoms with Crippen molar-refractivity contribution in [2.45, 2.75) is 41.5 Å². The Labute approximate surface area is 50.2 Å². The van der Waals surface area contributed by atoms with Crippen LogP contribution in [0.4, 0.5) is 0 Å². The Balaban J connectivity index is -0.00000000500. The van der Waals surface area contributed by atoms with Gasteiger partial charge in [-0.05, 0) is 0 Å². The lowest BCUT2D eigenvalue weighted by molar-refractivity contribution is 1.50. The topological polar surface area (TPSA) is 35.0 Å². The van der Waals surface area contributed by atoms with Crippen LogP contribution in [0, 0.1) is 0 Å². The molecule has 0 aromatic heterocycles. The van der Waals surface area contributed by atoms with E-state index in [1.54, 1.807) is 0 Å². The van der Waals surface area contributed by atoms with Crippen LogP contribution in [0.15, 0.2) is 0 Å². The standard InChI is InChI=1S/3C2H6.H3N.H2/c3*1-2;;/h3*1-2H3;1H3;1H/i;;;;1+1. The van der Waals surface area contributed by atoms with Gasteiger partial charge >= 0.3 is 0 Å². The van der Waals surface area contributed by atoms with Crippen LogP contribution in [0.25, 0.3) is 0 Å². The SMILES string of the molecule is CC.CC.CC.N.[2HH]. The molecule has 0 bridgehead atoms. The molecule has 0 saturated carbocycles. The van der Waals surface area contributed by atoms with Gasteiger partial charge in [-0.15, -0.1) is 0 Å². The Morgan fingerprint density at radius 2 is 0.571 bits per heavy atom. The Kier molecular flexibility index (Phi) is 369000. The minimum atomic E-state index is 0. The van der Waals surface area contributed by atoms with Crippen molar-refractivity contribution in [1.29, 1.82) is 0 Å². The molecule has 3 N–H and O–H groups in total.